The first-order valence-electron chi connectivity index (χ1n) is 7.11. The van der Waals surface area contributed by atoms with Gasteiger partial charge in [-0.15, -0.1) is 0 Å². The van der Waals surface area contributed by atoms with Gasteiger partial charge in [0, 0.05) is 0 Å². The van der Waals surface area contributed by atoms with E-state index < -0.39 is 17.2 Å². The number of benzene rings is 1. The molecule has 1 atom stereocenters. The average Bonchev–Trinajstić information content (AvgIpc) is 2.44. The Bertz CT molecular complexity index is 578. The maximum atomic E-state index is 11.9. The van der Waals surface area contributed by atoms with Gasteiger partial charge in [0.15, 0.2) is 11.5 Å². The van der Waals surface area contributed by atoms with Crippen LogP contribution in [0.15, 0.2) is 18.2 Å². The van der Waals surface area contributed by atoms with E-state index in [1.165, 1.54) is 0 Å². The Labute approximate surface area is 129 Å². The van der Waals surface area contributed by atoms with Gasteiger partial charge in [-0.05, 0) is 45.4 Å². The SMILES string of the molecule is CC(C)(C)OC(=O)NC(C)(C=O)c1ccc2c(c1)OCCO2. The van der Waals surface area contributed by atoms with Gasteiger partial charge in [-0.2, -0.15) is 0 Å². The number of nitrogens with one attached hydrogen (secondary N) is 1. The predicted molar refractivity (Wildman–Crippen MR) is 80.2 cm³/mol. The molecular weight excluding hydrogens is 286 g/mol. The summed E-state index contributed by atoms with van der Waals surface area (Å²) in [5.41, 5.74) is -1.25. The van der Waals surface area contributed by atoms with Gasteiger partial charge in [0.25, 0.3) is 0 Å². The van der Waals surface area contributed by atoms with Gasteiger partial charge >= 0.3 is 6.09 Å². The van der Waals surface area contributed by atoms with Crippen molar-refractivity contribution in [3.8, 4) is 11.5 Å². The highest BCUT2D eigenvalue weighted by atomic mass is 16.6. The standard InChI is InChI=1S/C16H21NO5/c1-15(2,3)22-14(19)17-16(4,10-18)11-5-6-12-13(9-11)21-8-7-20-12/h5-6,9-10H,7-8H2,1-4H3,(H,17,19). The third-order valence-electron chi connectivity index (χ3n) is 3.14. The number of hydrogen-bond acceptors (Lipinski definition) is 5. The lowest BCUT2D eigenvalue weighted by Gasteiger charge is -2.29. The van der Waals surface area contributed by atoms with Crippen molar-refractivity contribution in [3.05, 3.63) is 23.8 Å². The van der Waals surface area contributed by atoms with Gasteiger partial charge in [0.1, 0.15) is 30.6 Å². The molecule has 1 N–H and O–H groups in total. The van der Waals surface area contributed by atoms with E-state index in [9.17, 15) is 9.59 Å². The van der Waals surface area contributed by atoms with Crippen molar-refractivity contribution < 1.29 is 23.8 Å². The summed E-state index contributed by atoms with van der Waals surface area (Å²) in [6, 6.07) is 5.14. The molecule has 0 aliphatic carbocycles. The monoisotopic (exact) mass is 307 g/mol. The number of fused-ring (bicyclic) bond motifs is 1. The Kier molecular flexibility index (Phi) is 4.30. The lowest BCUT2D eigenvalue weighted by Crippen LogP contribution is -2.47. The molecule has 1 unspecified atom stereocenters. The molecule has 1 aromatic carbocycles. The Hall–Kier alpha value is -2.24. The van der Waals surface area contributed by atoms with Crippen molar-refractivity contribution in [2.75, 3.05) is 13.2 Å². The van der Waals surface area contributed by atoms with Crippen LogP contribution in [0.5, 0.6) is 11.5 Å². The second-order valence-corrected chi connectivity index (χ2v) is 6.31. The first-order chi connectivity index (χ1) is 10.2. The fraction of sp³-hybridized carbons (Fsp3) is 0.500. The number of alkyl carbamates (subject to hydrolysis) is 1. The summed E-state index contributed by atoms with van der Waals surface area (Å²) in [4.78, 5) is 23.5. The average molecular weight is 307 g/mol. The second kappa shape index (κ2) is 5.87. The molecule has 1 aliphatic heterocycles. The van der Waals surface area contributed by atoms with E-state index in [2.05, 4.69) is 5.32 Å². The fourth-order valence-electron chi connectivity index (χ4n) is 2.05. The zero-order chi connectivity index (χ0) is 16.4. The van der Waals surface area contributed by atoms with Gasteiger partial charge in [-0.1, -0.05) is 6.07 Å². The first-order valence-corrected chi connectivity index (χ1v) is 7.11. The van der Waals surface area contributed by atoms with Gasteiger partial charge in [-0.25, -0.2) is 4.79 Å². The van der Waals surface area contributed by atoms with Crippen LogP contribution in [0.3, 0.4) is 0 Å². The molecule has 2 rings (SSSR count). The van der Waals surface area contributed by atoms with Crippen LogP contribution in [-0.2, 0) is 15.1 Å². The third-order valence-corrected chi connectivity index (χ3v) is 3.14. The molecule has 1 aliphatic rings. The van der Waals surface area contributed by atoms with Crippen LogP contribution in [0, 0.1) is 0 Å². The molecule has 6 heteroatoms. The smallest absolute Gasteiger partial charge is 0.408 e. The molecule has 0 fully saturated rings. The summed E-state index contributed by atoms with van der Waals surface area (Å²) in [7, 11) is 0. The Morgan fingerprint density at radius 1 is 1.18 bits per heavy atom. The summed E-state index contributed by atoms with van der Waals surface area (Å²) >= 11 is 0. The minimum absolute atomic E-state index is 0.452. The molecule has 0 radical (unpaired) electrons. The fourth-order valence-corrected chi connectivity index (χ4v) is 2.05. The molecule has 0 aromatic heterocycles. The van der Waals surface area contributed by atoms with E-state index in [1.807, 2.05) is 0 Å². The number of amides is 1. The highest BCUT2D eigenvalue weighted by molar-refractivity contribution is 5.78. The predicted octanol–water partition coefficient (Wildman–Crippen LogP) is 2.40. The highest BCUT2D eigenvalue weighted by Gasteiger charge is 2.31. The number of carbonyl (C=O) groups excluding carboxylic acids is 2. The van der Waals surface area contributed by atoms with E-state index in [-0.39, 0.29) is 0 Å². The summed E-state index contributed by atoms with van der Waals surface area (Å²) in [5.74, 6) is 1.18. The molecule has 0 saturated heterocycles. The summed E-state index contributed by atoms with van der Waals surface area (Å²) in [6.07, 6.45) is 0.0134. The number of hydrogen-bond donors (Lipinski definition) is 1. The highest BCUT2D eigenvalue weighted by Crippen LogP contribution is 2.34. The molecule has 22 heavy (non-hydrogen) atoms. The van der Waals surface area contributed by atoms with E-state index >= 15 is 0 Å². The van der Waals surface area contributed by atoms with Crippen molar-refractivity contribution in [1.82, 2.24) is 5.32 Å². The molecule has 6 nitrogen and oxygen atoms in total. The molecule has 120 valence electrons. The lowest BCUT2D eigenvalue weighted by atomic mass is 9.93. The summed E-state index contributed by atoms with van der Waals surface area (Å²) in [6.45, 7) is 7.83. The van der Waals surface area contributed by atoms with Crippen LogP contribution >= 0.6 is 0 Å². The van der Waals surface area contributed by atoms with E-state index in [0.717, 1.165) is 0 Å². The number of ether oxygens (including phenoxy) is 3. The Morgan fingerprint density at radius 3 is 2.41 bits per heavy atom. The molecule has 1 aromatic rings. The first kappa shape index (κ1) is 16.1. The van der Waals surface area contributed by atoms with Crippen molar-refractivity contribution in [2.24, 2.45) is 0 Å². The Balaban J connectivity index is 2.22. The van der Waals surface area contributed by atoms with Crippen molar-refractivity contribution >= 4 is 12.4 Å². The molecule has 0 saturated carbocycles. The van der Waals surface area contributed by atoms with Crippen molar-refractivity contribution in [3.63, 3.8) is 0 Å². The largest absolute Gasteiger partial charge is 0.486 e. The van der Waals surface area contributed by atoms with E-state index in [0.29, 0.717) is 36.6 Å². The molecule has 1 heterocycles. The number of aldehydes is 1. The van der Waals surface area contributed by atoms with Crippen LogP contribution in [0.4, 0.5) is 4.79 Å². The second-order valence-electron chi connectivity index (χ2n) is 6.31. The van der Waals surface area contributed by atoms with Crippen LogP contribution in [0.2, 0.25) is 0 Å². The lowest BCUT2D eigenvalue weighted by molar-refractivity contribution is -0.113. The zero-order valence-corrected chi connectivity index (χ0v) is 13.3. The summed E-state index contributed by atoms with van der Waals surface area (Å²) in [5, 5.41) is 2.60. The Morgan fingerprint density at radius 2 is 1.82 bits per heavy atom. The zero-order valence-electron chi connectivity index (χ0n) is 13.3. The summed E-state index contributed by atoms with van der Waals surface area (Å²) < 4.78 is 16.2. The normalized spacial score (nSPS) is 16.4. The van der Waals surface area contributed by atoms with Crippen LogP contribution < -0.4 is 14.8 Å². The van der Waals surface area contributed by atoms with Crippen LogP contribution in [-0.4, -0.2) is 31.2 Å². The minimum Gasteiger partial charge on any atom is -0.486 e. The van der Waals surface area contributed by atoms with E-state index in [4.69, 9.17) is 14.2 Å². The van der Waals surface area contributed by atoms with Crippen molar-refractivity contribution in [2.45, 2.75) is 38.8 Å². The third kappa shape index (κ3) is 3.69. The maximum Gasteiger partial charge on any atom is 0.408 e. The van der Waals surface area contributed by atoms with Gasteiger partial charge in [-0.3, -0.25) is 0 Å². The van der Waals surface area contributed by atoms with Gasteiger partial charge in [0.05, 0.1) is 0 Å². The van der Waals surface area contributed by atoms with E-state index in [1.54, 1.807) is 45.9 Å². The number of rotatable bonds is 3. The van der Waals surface area contributed by atoms with Crippen LogP contribution in [0.25, 0.3) is 0 Å². The van der Waals surface area contributed by atoms with Crippen molar-refractivity contribution in [1.29, 1.82) is 0 Å². The van der Waals surface area contributed by atoms with Gasteiger partial charge in [0.2, 0.25) is 0 Å². The van der Waals surface area contributed by atoms with Gasteiger partial charge < -0.3 is 24.3 Å². The number of carbonyl (C=O) groups is 2. The molecule has 0 bridgehead atoms. The molecular formula is C16H21NO5. The quantitative estimate of drug-likeness (QED) is 0.868. The minimum atomic E-state index is -1.21. The maximum absolute atomic E-state index is 11.9. The topological polar surface area (TPSA) is 73.9 Å². The molecule has 1 amide bonds. The van der Waals surface area contributed by atoms with Crippen LogP contribution in [0.1, 0.15) is 33.3 Å². The molecule has 0 spiro atoms.